The number of carbonyl (C=O) groups is 1. The maximum absolute atomic E-state index is 13.5. The van der Waals surface area contributed by atoms with Crippen molar-refractivity contribution in [1.29, 1.82) is 0 Å². The number of nitrogens with one attached hydrogen (secondary N) is 1. The Labute approximate surface area is 366 Å². The average Bonchev–Trinajstić information content (AvgIpc) is 3.78. The minimum Gasteiger partial charge on any atom is -0.494 e. The Morgan fingerprint density at radius 1 is 0.855 bits per heavy atom. The summed E-state index contributed by atoms with van der Waals surface area (Å²) in [7, 11) is -3.82. The quantitative estimate of drug-likeness (QED) is 0.0877. The number of rotatable bonds is 17. The Bertz CT molecular complexity index is 2830. The zero-order valence-electron chi connectivity index (χ0n) is 34.9. The van der Waals surface area contributed by atoms with Gasteiger partial charge in [-0.2, -0.15) is 0 Å². The second-order valence-corrected chi connectivity index (χ2v) is 18.0. The van der Waals surface area contributed by atoms with E-state index in [1.165, 1.54) is 12.1 Å². The van der Waals surface area contributed by atoms with Crippen LogP contribution in [0.2, 0.25) is 5.02 Å². The monoisotopic (exact) mass is 876 g/mol. The molecule has 322 valence electrons. The number of nitrogens with zero attached hydrogens (tertiary/aromatic N) is 3. The van der Waals surface area contributed by atoms with Crippen LogP contribution in [0.3, 0.4) is 0 Å². The van der Waals surface area contributed by atoms with Gasteiger partial charge in [0.2, 0.25) is 10.0 Å². The number of benzene rings is 5. The molecule has 3 heterocycles. The molecule has 0 bridgehead atoms. The first kappa shape index (κ1) is 43.2. The molecule has 8 rings (SSSR count). The van der Waals surface area contributed by atoms with Crippen molar-refractivity contribution in [3.05, 3.63) is 154 Å². The summed E-state index contributed by atoms with van der Waals surface area (Å²) in [6, 6.07) is 31.1. The molecule has 0 amide bonds. The normalized spacial score (nSPS) is 13.6. The van der Waals surface area contributed by atoms with Gasteiger partial charge in [0.1, 0.15) is 17.3 Å². The lowest BCUT2D eigenvalue weighted by Crippen LogP contribution is -2.38. The number of morpholine rings is 1. The van der Waals surface area contributed by atoms with Gasteiger partial charge in [-0.25, -0.2) is 22.3 Å². The van der Waals surface area contributed by atoms with Gasteiger partial charge in [0.15, 0.2) is 0 Å². The van der Waals surface area contributed by atoms with Gasteiger partial charge in [0.05, 0.1) is 30.2 Å². The van der Waals surface area contributed by atoms with E-state index in [1.807, 2.05) is 73.0 Å². The van der Waals surface area contributed by atoms with Crippen LogP contribution in [0.1, 0.15) is 44.7 Å². The van der Waals surface area contributed by atoms with Crippen LogP contribution in [0.5, 0.6) is 5.75 Å². The molecule has 0 saturated carbocycles. The molecule has 10 nitrogen and oxygen atoms in total. The molecule has 1 aliphatic rings. The number of fused-ring (bicyclic) bond motifs is 2. The number of carboxylic acids is 1. The van der Waals surface area contributed by atoms with Crippen molar-refractivity contribution in [2.45, 2.75) is 51.1 Å². The first-order valence-corrected chi connectivity index (χ1v) is 22.8. The van der Waals surface area contributed by atoms with Crippen LogP contribution >= 0.6 is 11.6 Å². The lowest BCUT2D eigenvalue weighted by molar-refractivity contribution is 0.0362. The van der Waals surface area contributed by atoms with E-state index in [-0.39, 0.29) is 11.4 Å². The molecule has 1 aliphatic heterocycles. The standard InChI is InChI=1S/C49H50ClFN4O6S/c1-33-29-38(30-34(2)46(33)50)61-26-8-14-44-43-13-7-12-42(47(43)55(48(44)49(56)57)23-22-53-24-27-60-28-25-53)40-10-4-3-9-35(40)31-54-32-36(41-11-5-6-15-45(41)54)20-21-52-62(58,59)39-18-16-37(51)17-19-39/h3-7,9-13,15-19,29-30,32,52H,8,14,20-28,31H2,1-2H3,(H,56,57). The number of halogens is 2. The molecule has 1 saturated heterocycles. The maximum atomic E-state index is 13.5. The molecule has 0 unspecified atom stereocenters. The predicted molar refractivity (Wildman–Crippen MR) is 243 cm³/mol. The van der Waals surface area contributed by atoms with Crippen LogP contribution in [0.15, 0.2) is 114 Å². The predicted octanol–water partition coefficient (Wildman–Crippen LogP) is 9.28. The summed E-state index contributed by atoms with van der Waals surface area (Å²) in [4.78, 5) is 15.7. The Balaban J connectivity index is 1.12. The summed E-state index contributed by atoms with van der Waals surface area (Å²) in [6.07, 6.45) is 3.64. The second kappa shape index (κ2) is 18.9. The Morgan fingerprint density at radius 3 is 2.31 bits per heavy atom. The molecule has 2 N–H and O–H groups in total. The molecule has 0 aliphatic carbocycles. The maximum Gasteiger partial charge on any atom is 0.352 e. The van der Waals surface area contributed by atoms with E-state index in [1.54, 1.807) is 0 Å². The van der Waals surface area contributed by atoms with Crippen molar-refractivity contribution < 1.29 is 32.2 Å². The smallest absolute Gasteiger partial charge is 0.352 e. The fourth-order valence-electron chi connectivity index (χ4n) is 8.69. The van der Waals surface area contributed by atoms with Gasteiger partial charge in [-0.3, -0.25) is 4.90 Å². The molecule has 1 fully saturated rings. The van der Waals surface area contributed by atoms with Gasteiger partial charge >= 0.3 is 5.97 Å². The third-order valence-electron chi connectivity index (χ3n) is 11.7. The van der Waals surface area contributed by atoms with E-state index in [2.05, 4.69) is 44.7 Å². The minimum atomic E-state index is -3.82. The van der Waals surface area contributed by atoms with E-state index >= 15 is 0 Å². The largest absolute Gasteiger partial charge is 0.494 e. The van der Waals surface area contributed by atoms with E-state index in [0.29, 0.717) is 64.4 Å². The Hall–Kier alpha value is -5.50. The molecule has 2 aromatic heterocycles. The van der Waals surface area contributed by atoms with Crippen molar-refractivity contribution in [2.75, 3.05) is 46.0 Å². The topological polar surface area (TPSA) is 115 Å². The highest BCUT2D eigenvalue weighted by atomic mass is 35.5. The second-order valence-electron chi connectivity index (χ2n) is 15.8. The van der Waals surface area contributed by atoms with E-state index in [4.69, 9.17) is 21.1 Å². The number of hydrogen-bond acceptors (Lipinski definition) is 6. The highest BCUT2D eigenvalue weighted by Gasteiger charge is 2.26. The third-order valence-corrected chi connectivity index (χ3v) is 13.8. The van der Waals surface area contributed by atoms with Crippen LogP contribution < -0.4 is 9.46 Å². The summed E-state index contributed by atoms with van der Waals surface area (Å²) >= 11 is 6.40. The van der Waals surface area contributed by atoms with Crippen molar-refractivity contribution in [2.24, 2.45) is 0 Å². The van der Waals surface area contributed by atoms with Crippen molar-refractivity contribution in [1.82, 2.24) is 18.8 Å². The molecule has 0 spiro atoms. The fourth-order valence-corrected chi connectivity index (χ4v) is 9.83. The molecule has 13 heteroatoms. The number of carboxylic acid groups (broad SMARTS) is 1. The van der Waals surface area contributed by atoms with Gasteiger partial charge in [-0.05, 0) is 109 Å². The van der Waals surface area contributed by atoms with Crippen molar-refractivity contribution >= 4 is 49.4 Å². The van der Waals surface area contributed by atoms with Crippen LogP contribution in [0.25, 0.3) is 32.9 Å². The van der Waals surface area contributed by atoms with Gasteiger partial charge in [0, 0.05) is 72.3 Å². The van der Waals surface area contributed by atoms with Gasteiger partial charge < -0.3 is 23.7 Å². The van der Waals surface area contributed by atoms with E-state index in [0.717, 1.165) is 96.7 Å². The lowest BCUT2D eigenvalue weighted by Gasteiger charge is -2.27. The molecule has 62 heavy (non-hydrogen) atoms. The molecule has 0 radical (unpaired) electrons. The van der Waals surface area contributed by atoms with Crippen LogP contribution in [0, 0.1) is 19.7 Å². The highest BCUT2D eigenvalue weighted by Crippen LogP contribution is 2.38. The first-order valence-electron chi connectivity index (χ1n) is 21.0. The number of hydrogen-bond donors (Lipinski definition) is 2. The van der Waals surface area contributed by atoms with Crippen molar-refractivity contribution in [3.63, 3.8) is 0 Å². The molecule has 7 aromatic rings. The third kappa shape index (κ3) is 9.30. The van der Waals surface area contributed by atoms with Crippen LogP contribution in [-0.2, 0) is 40.7 Å². The Kier molecular flexibility index (Phi) is 13.1. The van der Waals surface area contributed by atoms with E-state index in [9.17, 15) is 22.7 Å². The van der Waals surface area contributed by atoms with Gasteiger partial charge in [-0.1, -0.05) is 72.3 Å². The van der Waals surface area contributed by atoms with Gasteiger partial charge in [-0.15, -0.1) is 0 Å². The zero-order valence-corrected chi connectivity index (χ0v) is 36.4. The lowest BCUT2D eigenvalue weighted by atomic mass is 9.96. The number of aryl methyl sites for hydroxylation is 3. The fraction of sp³-hybridized carbons (Fsp3) is 0.286. The average molecular weight is 877 g/mol. The number of aromatic carboxylic acids is 1. The molecule has 5 aromatic carbocycles. The summed E-state index contributed by atoms with van der Waals surface area (Å²) in [5.41, 5.74) is 8.85. The van der Waals surface area contributed by atoms with Crippen LogP contribution in [-0.4, -0.2) is 79.5 Å². The molecular weight excluding hydrogens is 827 g/mol. The summed E-state index contributed by atoms with van der Waals surface area (Å²) < 4.78 is 58.1. The molecule has 0 atom stereocenters. The summed E-state index contributed by atoms with van der Waals surface area (Å²) in [5, 5.41) is 13.6. The molecular formula is C49H50ClFN4O6S. The minimum absolute atomic E-state index is 0.0103. The number of aromatic nitrogens is 2. The summed E-state index contributed by atoms with van der Waals surface area (Å²) in [5.74, 6) is -0.724. The number of para-hydroxylation sites is 2. The summed E-state index contributed by atoms with van der Waals surface area (Å²) in [6.45, 7) is 9.05. The SMILES string of the molecule is Cc1cc(OCCCc2c(C(=O)O)n(CCN3CCOCC3)c3c(-c4ccccc4Cn4cc(CCNS(=O)(=O)c5ccc(F)cc5)c5ccccc54)cccc23)cc(C)c1Cl. The first-order chi connectivity index (χ1) is 30.0. The van der Waals surface area contributed by atoms with Gasteiger partial charge in [0.25, 0.3) is 0 Å². The number of ether oxygens (including phenoxy) is 2. The van der Waals surface area contributed by atoms with Crippen LogP contribution in [0.4, 0.5) is 4.39 Å². The van der Waals surface area contributed by atoms with E-state index < -0.39 is 21.8 Å². The van der Waals surface area contributed by atoms with Crippen molar-refractivity contribution in [3.8, 4) is 16.9 Å². The highest BCUT2D eigenvalue weighted by molar-refractivity contribution is 7.89. The number of sulfonamides is 1. The zero-order chi connectivity index (χ0) is 43.4. The Morgan fingerprint density at radius 2 is 1.55 bits per heavy atom.